The van der Waals surface area contributed by atoms with Gasteiger partial charge >= 0.3 is 0 Å². The average Bonchev–Trinajstić information content (AvgIpc) is 3.22. The van der Waals surface area contributed by atoms with Gasteiger partial charge in [-0.3, -0.25) is 14.3 Å². The van der Waals surface area contributed by atoms with Crippen LogP contribution in [-0.2, 0) is 11.2 Å². The maximum atomic E-state index is 12.7. The molecule has 1 saturated heterocycles. The number of aryl methyl sites for hydroxylation is 1. The highest BCUT2D eigenvalue weighted by Crippen LogP contribution is 2.36. The minimum absolute atomic E-state index is 0.0687. The fourth-order valence-corrected chi connectivity index (χ4v) is 3.68. The van der Waals surface area contributed by atoms with Gasteiger partial charge < -0.3 is 4.90 Å². The summed E-state index contributed by atoms with van der Waals surface area (Å²) >= 11 is 0. The van der Waals surface area contributed by atoms with Gasteiger partial charge in [0.25, 0.3) is 0 Å². The number of nitrogens with zero attached hydrogens (tertiary/aromatic N) is 5. The summed E-state index contributed by atoms with van der Waals surface area (Å²) in [6, 6.07) is 0.0687. The number of amides is 1. The fourth-order valence-electron chi connectivity index (χ4n) is 3.68. The summed E-state index contributed by atoms with van der Waals surface area (Å²) in [4.78, 5) is 28.3. The van der Waals surface area contributed by atoms with Crippen LogP contribution >= 0.6 is 0 Å². The van der Waals surface area contributed by atoms with E-state index in [0.717, 1.165) is 56.0 Å². The number of imidazole rings is 1. The van der Waals surface area contributed by atoms with Crippen molar-refractivity contribution < 1.29 is 4.79 Å². The predicted octanol–water partition coefficient (Wildman–Crippen LogP) is 2.69. The molecule has 0 N–H and O–H groups in total. The molecule has 0 spiro atoms. The number of carbonyl (C=O) groups is 1. The van der Waals surface area contributed by atoms with Gasteiger partial charge in [-0.1, -0.05) is 13.3 Å². The Hall–Kier alpha value is -2.24. The Labute approximate surface area is 141 Å². The van der Waals surface area contributed by atoms with E-state index in [4.69, 9.17) is 4.98 Å². The molecule has 1 amide bonds. The third-order valence-corrected chi connectivity index (χ3v) is 5.25. The zero-order chi connectivity index (χ0) is 16.5. The fraction of sp³-hybridized carbons (Fsp3) is 0.556. The van der Waals surface area contributed by atoms with Crippen molar-refractivity contribution in [3.8, 4) is 5.82 Å². The summed E-state index contributed by atoms with van der Waals surface area (Å²) in [6.07, 6.45) is 13.4. The van der Waals surface area contributed by atoms with Gasteiger partial charge in [-0.2, -0.15) is 0 Å². The van der Waals surface area contributed by atoms with Crippen LogP contribution in [0.4, 0.5) is 0 Å². The van der Waals surface area contributed by atoms with E-state index in [-0.39, 0.29) is 12.0 Å². The molecular weight excluding hydrogens is 302 g/mol. The highest BCUT2D eigenvalue weighted by molar-refractivity contribution is 5.80. The highest BCUT2D eigenvalue weighted by Gasteiger charge is 2.37. The van der Waals surface area contributed by atoms with Crippen molar-refractivity contribution in [1.29, 1.82) is 0 Å². The number of rotatable bonds is 4. The third-order valence-electron chi connectivity index (χ3n) is 5.25. The Kier molecular flexibility index (Phi) is 4.04. The van der Waals surface area contributed by atoms with Crippen LogP contribution in [0.1, 0.15) is 56.6 Å². The molecule has 3 heterocycles. The molecule has 0 aromatic carbocycles. The predicted molar refractivity (Wildman–Crippen MR) is 89.6 cm³/mol. The van der Waals surface area contributed by atoms with E-state index < -0.39 is 0 Å². The summed E-state index contributed by atoms with van der Waals surface area (Å²) in [5.74, 6) is 2.30. The summed E-state index contributed by atoms with van der Waals surface area (Å²) in [6.45, 7) is 2.92. The second-order valence-corrected chi connectivity index (χ2v) is 6.69. The minimum atomic E-state index is 0.0687. The molecule has 0 bridgehead atoms. The normalized spacial score (nSPS) is 21.0. The SMILES string of the molecule is CCc1nccn1-c1cncc([C@@H]2CCCN2C(=O)C2CCC2)n1. The van der Waals surface area contributed by atoms with Gasteiger partial charge in [-0.05, 0) is 25.7 Å². The zero-order valence-corrected chi connectivity index (χ0v) is 14.1. The van der Waals surface area contributed by atoms with Crippen LogP contribution in [-0.4, -0.2) is 36.9 Å². The number of likely N-dealkylation sites (tertiary alicyclic amines) is 1. The van der Waals surface area contributed by atoms with Crippen molar-refractivity contribution in [3.63, 3.8) is 0 Å². The minimum Gasteiger partial charge on any atom is -0.334 e. The van der Waals surface area contributed by atoms with Gasteiger partial charge in [0.15, 0.2) is 5.82 Å². The van der Waals surface area contributed by atoms with Crippen LogP contribution in [0.5, 0.6) is 0 Å². The van der Waals surface area contributed by atoms with Gasteiger partial charge in [0, 0.05) is 31.3 Å². The van der Waals surface area contributed by atoms with E-state index in [1.807, 2.05) is 21.9 Å². The Balaban J connectivity index is 1.61. The van der Waals surface area contributed by atoms with E-state index in [2.05, 4.69) is 16.9 Å². The average molecular weight is 325 g/mol. The summed E-state index contributed by atoms with van der Waals surface area (Å²) < 4.78 is 1.98. The van der Waals surface area contributed by atoms with Crippen LogP contribution in [0.3, 0.4) is 0 Å². The molecular formula is C18H23N5O. The van der Waals surface area contributed by atoms with Crippen LogP contribution in [0.25, 0.3) is 5.82 Å². The van der Waals surface area contributed by atoms with Crippen molar-refractivity contribution in [2.24, 2.45) is 5.92 Å². The third kappa shape index (κ3) is 2.60. The molecule has 2 aromatic rings. The largest absolute Gasteiger partial charge is 0.334 e. The summed E-state index contributed by atoms with van der Waals surface area (Å²) in [7, 11) is 0. The van der Waals surface area contributed by atoms with E-state index in [0.29, 0.717) is 5.91 Å². The van der Waals surface area contributed by atoms with Crippen molar-refractivity contribution >= 4 is 5.91 Å². The van der Waals surface area contributed by atoms with Crippen molar-refractivity contribution in [1.82, 2.24) is 24.4 Å². The molecule has 6 nitrogen and oxygen atoms in total. The van der Waals surface area contributed by atoms with Crippen molar-refractivity contribution in [2.45, 2.75) is 51.5 Å². The molecule has 0 unspecified atom stereocenters. The first kappa shape index (κ1) is 15.3. The lowest BCUT2D eigenvalue weighted by Gasteiger charge is -2.32. The molecule has 6 heteroatoms. The monoisotopic (exact) mass is 325 g/mol. The zero-order valence-electron chi connectivity index (χ0n) is 14.1. The Morgan fingerprint density at radius 2 is 2.12 bits per heavy atom. The smallest absolute Gasteiger partial charge is 0.226 e. The standard InChI is InChI=1S/C18H23N5O/c1-2-16-20-8-10-23(16)17-12-19-11-14(21-17)15-7-4-9-22(15)18(24)13-5-3-6-13/h8,10-13,15H,2-7,9H2,1H3/t15-/m0/s1. The Bertz CT molecular complexity index is 737. The van der Waals surface area contributed by atoms with Crippen molar-refractivity contribution in [3.05, 3.63) is 36.3 Å². The molecule has 2 fully saturated rings. The second kappa shape index (κ2) is 6.34. The summed E-state index contributed by atoms with van der Waals surface area (Å²) in [5.41, 5.74) is 0.897. The first-order chi connectivity index (χ1) is 11.8. The molecule has 4 rings (SSSR count). The van der Waals surface area contributed by atoms with E-state index in [1.165, 1.54) is 6.42 Å². The van der Waals surface area contributed by atoms with Gasteiger partial charge in [-0.25, -0.2) is 9.97 Å². The number of hydrogen-bond acceptors (Lipinski definition) is 4. The van der Waals surface area contributed by atoms with E-state index in [1.54, 1.807) is 12.4 Å². The van der Waals surface area contributed by atoms with Crippen LogP contribution < -0.4 is 0 Å². The van der Waals surface area contributed by atoms with Gasteiger partial charge in [0.2, 0.25) is 5.91 Å². The van der Waals surface area contributed by atoms with E-state index in [9.17, 15) is 4.79 Å². The van der Waals surface area contributed by atoms with Crippen molar-refractivity contribution in [2.75, 3.05) is 6.54 Å². The molecule has 1 aliphatic carbocycles. The Morgan fingerprint density at radius 1 is 1.25 bits per heavy atom. The molecule has 126 valence electrons. The topological polar surface area (TPSA) is 63.9 Å². The molecule has 24 heavy (non-hydrogen) atoms. The lowest BCUT2D eigenvalue weighted by Crippen LogP contribution is -2.38. The number of hydrogen-bond donors (Lipinski definition) is 0. The van der Waals surface area contributed by atoms with Crippen LogP contribution in [0.2, 0.25) is 0 Å². The lowest BCUT2D eigenvalue weighted by molar-refractivity contribution is -0.139. The van der Waals surface area contributed by atoms with Gasteiger partial charge in [0.05, 0.1) is 24.1 Å². The maximum Gasteiger partial charge on any atom is 0.226 e. The number of aromatic nitrogens is 4. The second-order valence-electron chi connectivity index (χ2n) is 6.69. The first-order valence-electron chi connectivity index (χ1n) is 8.93. The molecule has 1 atom stereocenters. The Morgan fingerprint density at radius 3 is 2.88 bits per heavy atom. The molecule has 2 aliphatic rings. The maximum absolute atomic E-state index is 12.7. The summed E-state index contributed by atoms with van der Waals surface area (Å²) in [5, 5.41) is 0. The highest BCUT2D eigenvalue weighted by atomic mass is 16.2. The molecule has 2 aromatic heterocycles. The van der Waals surface area contributed by atoms with Crippen LogP contribution in [0, 0.1) is 5.92 Å². The molecule has 0 radical (unpaired) electrons. The van der Waals surface area contributed by atoms with Gasteiger partial charge in [-0.15, -0.1) is 0 Å². The quantitative estimate of drug-likeness (QED) is 0.867. The number of carbonyl (C=O) groups excluding carboxylic acids is 1. The lowest BCUT2D eigenvalue weighted by atomic mass is 9.84. The van der Waals surface area contributed by atoms with E-state index >= 15 is 0 Å². The molecule has 1 saturated carbocycles. The molecule has 1 aliphatic heterocycles. The van der Waals surface area contributed by atoms with Crippen LogP contribution in [0.15, 0.2) is 24.8 Å². The first-order valence-corrected chi connectivity index (χ1v) is 8.93. The van der Waals surface area contributed by atoms with Gasteiger partial charge in [0.1, 0.15) is 5.82 Å².